The van der Waals surface area contributed by atoms with E-state index in [4.69, 9.17) is 14.2 Å². The number of rotatable bonds is 15. The Hall–Kier alpha value is -14.4. The molecule has 6 amide bonds. The van der Waals surface area contributed by atoms with Crippen molar-refractivity contribution >= 4 is 123 Å². The van der Waals surface area contributed by atoms with Crippen LogP contribution < -0.4 is 68.0 Å². The lowest BCUT2D eigenvalue weighted by atomic mass is 9.90. The number of anilines is 11. The third-order valence-electron chi connectivity index (χ3n) is 25.6. The van der Waals surface area contributed by atoms with Crippen molar-refractivity contribution in [3.8, 4) is 67.1 Å². The van der Waals surface area contributed by atoms with E-state index in [0.717, 1.165) is 147 Å². The van der Waals surface area contributed by atoms with Crippen LogP contribution in [0.25, 0.3) is 55.6 Å². The van der Waals surface area contributed by atoms with Crippen LogP contribution >= 0.6 is 0 Å². The highest BCUT2D eigenvalue weighted by molar-refractivity contribution is 7.91. The van der Waals surface area contributed by atoms with Gasteiger partial charge >= 0.3 is 0 Å². The minimum Gasteiger partial charge on any atom is -0.493 e. The van der Waals surface area contributed by atoms with Gasteiger partial charge < -0.3 is 72.7 Å². The highest BCUT2D eigenvalue weighted by Crippen LogP contribution is 2.45. The average Bonchev–Trinajstić information content (AvgIpc) is 1.17. The highest BCUT2D eigenvalue weighted by atomic mass is 32.2. The zero-order valence-electron chi connectivity index (χ0n) is 80.9. The summed E-state index contributed by atoms with van der Waals surface area (Å²) in [5.41, 5.74) is 24.4. The molecule has 1 fully saturated rings. The number of hydrogen-bond donors (Lipinski definition) is 11. The van der Waals surface area contributed by atoms with Gasteiger partial charge in [-0.3, -0.25) is 38.2 Å². The number of carbonyl (C=O) groups is 7. The molecule has 29 heteroatoms. The summed E-state index contributed by atoms with van der Waals surface area (Å²) in [6, 6.07) is 73.7. The maximum atomic E-state index is 12.2. The topological polar surface area (TPSA) is 366 Å². The third kappa shape index (κ3) is 25.2. The van der Waals surface area contributed by atoms with Crippen molar-refractivity contribution in [1.82, 2.24) is 9.78 Å². The molecule has 7 aliphatic heterocycles. The second kappa shape index (κ2) is 45.0. The van der Waals surface area contributed by atoms with Crippen LogP contribution in [0.2, 0.25) is 0 Å². The summed E-state index contributed by atoms with van der Waals surface area (Å²) < 4.78 is 66.9. The van der Waals surface area contributed by atoms with Gasteiger partial charge in [-0.15, -0.1) is 0 Å². The lowest BCUT2D eigenvalue weighted by Crippen LogP contribution is -2.19. The molecule has 0 radical (unpaired) electrons. The van der Waals surface area contributed by atoms with E-state index in [0.29, 0.717) is 80.2 Å². The van der Waals surface area contributed by atoms with Crippen LogP contribution in [0.3, 0.4) is 0 Å². The molecular formula is C111H123N13O14S2. The van der Waals surface area contributed by atoms with Gasteiger partial charge in [-0.25, -0.2) is 16.8 Å². The van der Waals surface area contributed by atoms with E-state index in [-0.39, 0.29) is 94.2 Å². The van der Waals surface area contributed by atoms with Gasteiger partial charge in [-0.2, -0.15) is 5.10 Å². The number of ether oxygens (including phenoxy) is 3. The summed E-state index contributed by atoms with van der Waals surface area (Å²) >= 11 is 0. The number of para-hydroxylation sites is 5. The molecule has 0 saturated heterocycles. The van der Waals surface area contributed by atoms with Gasteiger partial charge in [0.25, 0.3) is 0 Å². The number of methoxy groups -OCH3 is 1. The molecule has 20 rings (SSSR count). The number of amides is 6. The number of ketones is 1. The van der Waals surface area contributed by atoms with E-state index in [9.17, 15) is 50.4 Å². The van der Waals surface area contributed by atoms with Crippen LogP contribution in [0.1, 0.15) is 160 Å². The molecule has 728 valence electrons. The monoisotopic (exact) mass is 1930 g/mol. The first-order valence-electron chi connectivity index (χ1n) is 47.9. The zero-order chi connectivity index (χ0) is 99.1. The van der Waals surface area contributed by atoms with Crippen LogP contribution in [0.5, 0.6) is 11.5 Å². The minimum atomic E-state index is -3.27. The zero-order valence-corrected chi connectivity index (χ0v) is 82.5. The van der Waals surface area contributed by atoms with Crippen molar-refractivity contribution in [2.75, 3.05) is 84.2 Å². The predicted octanol–water partition coefficient (Wildman–Crippen LogP) is 21.4. The first-order valence-corrected chi connectivity index (χ1v) is 51.5. The molecule has 7 atom stereocenters. The number of sulfone groups is 2. The van der Waals surface area contributed by atoms with Crippen LogP contribution in [0.4, 0.5) is 62.6 Å². The number of nitrogens with one attached hydrogen (secondary N) is 11. The van der Waals surface area contributed by atoms with Gasteiger partial charge in [0.2, 0.25) is 35.4 Å². The van der Waals surface area contributed by atoms with E-state index in [2.05, 4.69) is 131 Å². The van der Waals surface area contributed by atoms with Crippen molar-refractivity contribution in [2.24, 2.45) is 5.92 Å². The molecule has 27 nitrogen and oxygen atoms in total. The van der Waals surface area contributed by atoms with Crippen LogP contribution in [0.15, 0.2) is 247 Å². The van der Waals surface area contributed by atoms with Gasteiger partial charge in [0, 0.05) is 145 Å². The lowest BCUT2D eigenvalue weighted by Gasteiger charge is -2.22. The summed E-state index contributed by atoms with van der Waals surface area (Å²) in [4.78, 5) is 83.5. The first kappa shape index (κ1) is 100. The number of carbonyl (C=O) groups excluding carboxylic acids is 7. The molecule has 0 spiro atoms. The Morgan fingerprint density at radius 1 is 0.421 bits per heavy atom. The number of Topliss-reactive ketones (excluding diaryl/α,β-unsaturated/α-hetero) is 1. The molecule has 1 aromatic heterocycles. The predicted molar refractivity (Wildman–Crippen MR) is 558 cm³/mol. The van der Waals surface area contributed by atoms with E-state index in [1.54, 1.807) is 50.4 Å². The lowest BCUT2D eigenvalue weighted by molar-refractivity contribution is -0.119. The SMILES string of the molecule is CCS(=O)(=O)c1cccc(-c2cccc3c2N[C@H](C)CC(=O)N3)c1.COCc1cccc(-c2cccc3c2N[C@H](C)CC(=O)N3)c1.C[C@@H]1CC(=O)Cc2ccc(OCC3CCCCC3)cc2O1.C[C@@H]1CC(=O)Nc2cccc(-c3ccc4c(c3)NC(=O)C4)c2N1.C[C@@H]1CC(=O)Nc2cccc(-c3cccc(S(C)(=O)=O)c3)c2N1.Cc1c(-c2cccc3c2N[C@H](C)CC(=O)N3)cnn1C(C)c1ccccc1. The summed E-state index contributed by atoms with van der Waals surface area (Å²) in [5, 5.41) is 39.4. The highest BCUT2D eigenvalue weighted by Gasteiger charge is 2.31. The molecule has 11 aromatic carbocycles. The first-order chi connectivity index (χ1) is 67.3. The van der Waals surface area contributed by atoms with Crippen molar-refractivity contribution in [1.29, 1.82) is 0 Å². The Kier molecular flexibility index (Phi) is 32.2. The second-order valence-corrected chi connectivity index (χ2v) is 41.5. The molecule has 1 aliphatic carbocycles. The average molecular weight is 1930 g/mol. The Morgan fingerprint density at radius 3 is 1.31 bits per heavy atom. The van der Waals surface area contributed by atoms with Gasteiger partial charge in [0.15, 0.2) is 19.7 Å². The number of fused-ring (bicyclic) bond motifs is 7. The Balaban J connectivity index is 0.000000127. The van der Waals surface area contributed by atoms with Gasteiger partial charge in [0.05, 0.1) is 104 Å². The fourth-order valence-corrected chi connectivity index (χ4v) is 20.3. The Labute approximate surface area is 819 Å². The van der Waals surface area contributed by atoms with Crippen molar-refractivity contribution in [3.05, 3.63) is 265 Å². The standard InChI is InChI=1S/C22H24N4O.C18H17N3O2.C18H20N2O3S.C18H20N2O2.C18H24O3.C17H18N2O3S/c1-14-12-21(27)25-20-11-7-10-18(22(20)24-14)19-13-23-26(16(19)3)15(2)17-8-5-4-6-9-17;1-10-7-16(22)20-14-4-2-3-13(18(14)19-10)11-5-6-12-9-17(23)21-15(12)8-11;1-3-24(22,23)14-7-4-6-13(11-14)15-8-5-9-16-18(15)19-12(2)10-17(21)20-16;1-12-9-17(21)20-16-8-4-7-15(18(16)19-12)14-6-3-5-13(10-14)11-22-2;1-13-9-16(19)10-15-7-8-17(11-18(15)21-13)20-12-14-5-3-2-4-6-14;1-11-9-16(20)19-15-8-4-7-14(17(15)18-11)12-5-3-6-13(10-12)23(2,21)22/h4-11,13-15,24H,12H2,1-3H3,(H,25,27);2-6,8,10,19H,7,9H2,1H3,(H,20,22)(H,21,23);4-9,11-12,19H,3,10H2,1-2H3,(H,20,21);3-8,10,12,19H,9,11H2,1-2H3,(H,20,21);7-8,11,13-14H,2-6,9-10,12H2,1H3;3-8,10-11,18H,9H2,1-2H3,(H,19,20)/t14-,15?;10-;2*12-;13-;11-/m111111/s1. The van der Waals surface area contributed by atoms with Gasteiger partial charge in [0.1, 0.15) is 23.4 Å². The number of benzene rings is 11. The fourth-order valence-electron chi connectivity index (χ4n) is 18.7. The molecule has 8 heterocycles. The Morgan fingerprint density at radius 2 is 0.843 bits per heavy atom. The number of nitrogens with zero attached hydrogens (tertiary/aromatic N) is 2. The third-order valence-corrected chi connectivity index (χ3v) is 28.5. The normalized spacial score (nSPS) is 18.6. The quantitative estimate of drug-likeness (QED) is 0.0454. The summed E-state index contributed by atoms with van der Waals surface area (Å²) in [6.07, 6.45) is 13.2. The molecule has 0 bridgehead atoms. The number of hydrogen-bond acceptors (Lipinski definition) is 20. The van der Waals surface area contributed by atoms with E-state index in [1.165, 1.54) is 43.9 Å². The van der Waals surface area contributed by atoms with E-state index in [1.807, 2.05) is 193 Å². The molecule has 1 saturated carbocycles. The summed E-state index contributed by atoms with van der Waals surface area (Å²) in [6.45, 7) is 19.2. The molecule has 140 heavy (non-hydrogen) atoms. The van der Waals surface area contributed by atoms with Crippen LogP contribution in [-0.4, -0.2) is 130 Å². The summed E-state index contributed by atoms with van der Waals surface area (Å²) in [7, 11) is -4.84. The summed E-state index contributed by atoms with van der Waals surface area (Å²) in [5.74, 6) is 2.74. The maximum Gasteiger partial charge on any atom is 0.228 e. The van der Waals surface area contributed by atoms with Crippen molar-refractivity contribution in [2.45, 2.75) is 205 Å². The molecule has 12 aromatic rings. The van der Waals surface area contributed by atoms with Crippen LogP contribution in [-0.2, 0) is 77.4 Å². The van der Waals surface area contributed by atoms with Gasteiger partial charge in [-0.1, -0.05) is 178 Å². The fraction of sp³-hybridized carbons (Fsp3) is 0.315. The molecular weight excluding hydrogens is 1800 g/mol. The smallest absolute Gasteiger partial charge is 0.228 e. The molecule has 8 aliphatic rings. The van der Waals surface area contributed by atoms with Gasteiger partial charge in [-0.05, 0) is 186 Å². The molecule has 1 unspecified atom stereocenters. The van der Waals surface area contributed by atoms with E-state index < -0.39 is 19.7 Å². The molecule has 11 N–H and O–H groups in total. The largest absolute Gasteiger partial charge is 0.493 e. The van der Waals surface area contributed by atoms with Crippen molar-refractivity contribution in [3.63, 3.8) is 0 Å². The Bertz CT molecular complexity index is 6860. The minimum absolute atomic E-state index is 0.00418. The van der Waals surface area contributed by atoms with Crippen LogP contribution in [0, 0.1) is 12.8 Å². The second-order valence-electron chi connectivity index (χ2n) is 37.2. The maximum absolute atomic E-state index is 12.2. The van der Waals surface area contributed by atoms with E-state index >= 15 is 0 Å². The van der Waals surface area contributed by atoms with Crippen molar-refractivity contribution < 1.29 is 64.6 Å². The number of aromatic nitrogens is 2.